The van der Waals surface area contributed by atoms with E-state index in [9.17, 15) is 4.79 Å². The van der Waals surface area contributed by atoms with Gasteiger partial charge in [-0.25, -0.2) is 4.98 Å². The number of nitrogens with two attached hydrogens (primary N) is 1. The summed E-state index contributed by atoms with van der Waals surface area (Å²) in [7, 11) is 1.76. The number of aromatic nitrogens is 1. The molecule has 5 nitrogen and oxygen atoms in total. The number of anilines is 2. The first-order valence-electron chi connectivity index (χ1n) is 4.83. The fraction of sp³-hybridized carbons (Fsp3) is 0.400. The zero-order valence-corrected chi connectivity index (χ0v) is 9.03. The molecule has 82 valence electrons. The Kier molecular flexibility index (Phi) is 3.91. The smallest absolute Gasteiger partial charge is 0.241 e. The van der Waals surface area contributed by atoms with E-state index in [1.54, 1.807) is 30.3 Å². The lowest BCUT2D eigenvalue weighted by molar-refractivity contribution is -0.127. The number of likely N-dealkylation sites (N-methyl/N-ethyl adjacent to an activating group) is 1. The highest BCUT2D eigenvalue weighted by molar-refractivity contribution is 5.80. The number of nitrogens with one attached hydrogen (secondary N) is 1. The van der Waals surface area contributed by atoms with Crippen molar-refractivity contribution in [2.24, 2.45) is 0 Å². The lowest BCUT2D eigenvalue weighted by atomic mass is 10.4. The van der Waals surface area contributed by atoms with Gasteiger partial charge in [-0.05, 0) is 19.1 Å². The van der Waals surface area contributed by atoms with E-state index in [-0.39, 0.29) is 12.5 Å². The van der Waals surface area contributed by atoms with Crippen molar-refractivity contribution in [3.05, 3.63) is 18.3 Å². The third kappa shape index (κ3) is 3.46. The molecule has 0 saturated heterocycles. The van der Waals surface area contributed by atoms with Crippen LogP contribution in [0.2, 0.25) is 0 Å². The summed E-state index contributed by atoms with van der Waals surface area (Å²) in [6.45, 7) is 2.89. The number of hydrogen-bond acceptors (Lipinski definition) is 4. The number of nitrogens with zero attached hydrogens (tertiary/aromatic N) is 2. The van der Waals surface area contributed by atoms with Gasteiger partial charge in [-0.1, -0.05) is 0 Å². The molecule has 0 aliphatic heterocycles. The Bertz CT molecular complexity index is 323. The molecule has 0 radical (unpaired) electrons. The van der Waals surface area contributed by atoms with E-state index in [0.29, 0.717) is 18.1 Å². The number of nitrogen functional groups attached to an aromatic ring is 1. The van der Waals surface area contributed by atoms with Crippen LogP contribution in [0.1, 0.15) is 6.92 Å². The number of carbonyl (C=O) groups excluding carboxylic acids is 1. The minimum absolute atomic E-state index is 0.0381. The maximum Gasteiger partial charge on any atom is 0.241 e. The third-order valence-corrected chi connectivity index (χ3v) is 2.11. The summed E-state index contributed by atoms with van der Waals surface area (Å²) in [6, 6.07) is 3.48. The molecular formula is C10H16N4O. The highest BCUT2D eigenvalue weighted by Crippen LogP contribution is 2.05. The summed E-state index contributed by atoms with van der Waals surface area (Å²) in [5.74, 6) is 0.693. The minimum Gasteiger partial charge on any atom is -0.397 e. The standard InChI is InChI=1S/C10H16N4O/c1-3-14(2)10(15)7-13-9-5-4-8(11)6-12-9/h4-6H,3,7,11H2,1-2H3,(H,12,13). The number of hydrogen-bond donors (Lipinski definition) is 2. The van der Waals surface area contributed by atoms with E-state index in [1.807, 2.05) is 6.92 Å². The minimum atomic E-state index is 0.0381. The molecule has 1 amide bonds. The summed E-state index contributed by atoms with van der Waals surface area (Å²) >= 11 is 0. The van der Waals surface area contributed by atoms with Gasteiger partial charge >= 0.3 is 0 Å². The number of amides is 1. The predicted octanol–water partition coefficient (Wildman–Crippen LogP) is 0.554. The van der Waals surface area contributed by atoms with Crippen molar-refractivity contribution in [1.29, 1.82) is 0 Å². The number of carbonyl (C=O) groups is 1. The second-order valence-electron chi connectivity index (χ2n) is 3.24. The maximum absolute atomic E-state index is 11.4. The predicted molar refractivity (Wildman–Crippen MR) is 60.5 cm³/mol. The molecule has 0 saturated carbocycles. The van der Waals surface area contributed by atoms with E-state index in [1.165, 1.54) is 0 Å². The van der Waals surface area contributed by atoms with Gasteiger partial charge in [-0.15, -0.1) is 0 Å². The average Bonchev–Trinajstić information content (AvgIpc) is 2.26. The fourth-order valence-corrected chi connectivity index (χ4v) is 0.987. The van der Waals surface area contributed by atoms with Crippen LogP contribution in [0.4, 0.5) is 11.5 Å². The first-order chi connectivity index (χ1) is 7.13. The second kappa shape index (κ2) is 5.19. The van der Waals surface area contributed by atoms with Crippen LogP contribution in [0.5, 0.6) is 0 Å². The Hall–Kier alpha value is -1.78. The number of rotatable bonds is 4. The molecule has 1 heterocycles. The molecule has 0 bridgehead atoms. The lowest BCUT2D eigenvalue weighted by Gasteiger charge is -2.14. The first-order valence-corrected chi connectivity index (χ1v) is 4.83. The van der Waals surface area contributed by atoms with Gasteiger partial charge in [0.05, 0.1) is 18.4 Å². The summed E-state index contributed by atoms with van der Waals surface area (Å²) in [4.78, 5) is 17.1. The second-order valence-corrected chi connectivity index (χ2v) is 3.24. The molecular weight excluding hydrogens is 192 g/mol. The fourth-order valence-electron chi connectivity index (χ4n) is 0.987. The zero-order valence-electron chi connectivity index (χ0n) is 9.03. The highest BCUT2D eigenvalue weighted by atomic mass is 16.2. The van der Waals surface area contributed by atoms with Gasteiger partial charge in [0.2, 0.25) is 5.91 Å². The molecule has 1 aromatic rings. The molecule has 1 aromatic heterocycles. The summed E-state index contributed by atoms with van der Waals surface area (Å²) in [6.07, 6.45) is 1.55. The Labute approximate surface area is 89.3 Å². The SMILES string of the molecule is CCN(C)C(=O)CNc1ccc(N)cn1. The van der Waals surface area contributed by atoms with Gasteiger partial charge in [0.15, 0.2) is 0 Å². The van der Waals surface area contributed by atoms with Crippen LogP contribution >= 0.6 is 0 Å². The molecule has 0 unspecified atom stereocenters. The third-order valence-electron chi connectivity index (χ3n) is 2.11. The Morgan fingerprint density at radius 1 is 1.60 bits per heavy atom. The Balaban J connectivity index is 2.43. The van der Waals surface area contributed by atoms with Crippen molar-refractivity contribution in [3.63, 3.8) is 0 Å². The van der Waals surface area contributed by atoms with Crippen molar-refractivity contribution >= 4 is 17.4 Å². The van der Waals surface area contributed by atoms with Crippen molar-refractivity contribution in [2.45, 2.75) is 6.92 Å². The molecule has 0 spiro atoms. The Morgan fingerprint density at radius 2 is 2.33 bits per heavy atom. The van der Waals surface area contributed by atoms with Crippen LogP contribution in [-0.2, 0) is 4.79 Å². The summed E-state index contributed by atoms with van der Waals surface area (Å²) in [5.41, 5.74) is 6.10. The Morgan fingerprint density at radius 3 is 2.87 bits per heavy atom. The first kappa shape index (κ1) is 11.3. The average molecular weight is 208 g/mol. The summed E-state index contributed by atoms with van der Waals surface area (Å²) in [5, 5.41) is 2.93. The summed E-state index contributed by atoms with van der Waals surface area (Å²) < 4.78 is 0. The van der Waals surface area contributed by atoms with Gasteiger partial charge < -0.3 is 16.0 Å². The quantitative estimate of drug-likeness (QED) is 0.758. The maximum atomic E-state index is 11.4. The molecule has 0 fully saturated rings. The molecule has 1 rings (SSSR count). The van der Waals surface area contributed by atoms with Gasteiger partial charge in [0, 0.05) is 13.6 Å². The van der Waals surface area contributed by atoms with Gasteiger partial charge in [0.25, 0.3) is 0 Å². The van der Waals surface area contributed by atoms with Crippen molar-refractivity contribution in [1.82, 2.24) is 9.88 Å². The molecule has 0 atom stereocenters. The van der Waals surface area contributed by atoms with Crippen LogP contribution in [-0.4, -0.2) is 35.9 Å². The zero-order chi connectivity index (χ0) is 11.3. The van der Waals surface area contributed by atoms with Gasteiger partial charge in [-0.3, -0.25) is 4.79 Å². The largest absolute Gasteiger partial charge is 0.397 e. The van der Waals surface area contributed by atoms with Gasteiger partial charge in [0.1, 0.15) is 5.82 Å². The highest BCUT2D eigenvalue weighted by Gasteiger charge is 2.05. The van der Waals surface area contributed by atoms with Crippen LogP contribution in [0.25, 0.3) is 0 Å². The topological polar surface area (TPSA) is 71.2 Å². The van der Waals surface area contributed by atoms with E-state index in [0.717, 1.165) is 0 Å². The van der Waals surface area contributed by atoms with Crippen LogP contribution in [0.15, 0.2) is 18.3 Å². The monoisotopic (exact) mass is 208 g/mol. The lowest BCUT2D eigenvalue weighted by Crippen LogP contribution is -2.32. The molecule has 3 N–H and O–H groups in total. The molecule has 0 aliphatic carbocycles. The van der Waals surface area contributed by atoms with Crippen LogP contribution in [0.3, 0.4) is 0 Å². The van der Waals surface area contributed by atoms with Crippen molar-refractivity contribution in [3.8, 4) is 0 Å². The van der Waals surface area contributed by atoms with Gasteiger partial charge in [-0.2, -0.15) is 0 Å². The van der Waals surface area contributed by atoms with E-state index in [2.05, 4.69) is 10.3 Å². The van der Waals surface area contributed by atoms with Crippen molar-refractivity contribution in [2.75, 3.05) is 31.2 Å². The number of pyridine rings is 1. The van der Waals surface area contributed by atoms with Crippen molar-refractivity contribution < 1.29 is 4.79 Å². The molecule has 0 aromatic carbocycles. The van der Waals surface area contributed by atoms with Crippen LogP contribution in [0, 0.1) is 0 Å². The molecule has 5 heteroatoms. The van der Waals surface area contributed by atoms with E-state index < -0.39 is 0 Å². The molecule has 15 heavy (non-hydrogen) atoms. The molecule has 0 aliphatic rings. The van der Waals surface area contributed by atoms with E-state index >= 15 is 0 Å². The van der Waals surface area contributed by atoms with Crippen LogP contribution < -0.4 is 11.1 Å². The van der Waals surface area contributed by atoms with E-state index in [4.69, 9.17) is 5.73 Å². The normalized spacial score (nSPS) is 9.73.